The fourth-order valence-corrected chi connectivity index (χ4v) is 4.81. The van der Waals surface area contributed by atoms with E-state index >= 15 is 0 Å². The number of piperidine rings is 1. The molecule has 1 N–H and O–H groups in total. The summed E-state index contributed by atoms with van der Waals surface area (Å²) in [7, 11) is 1.65. The fraction of sp³-hybridized carbons (Fsp3) is 0.464. The van der Waals surface area contributed by atoms with Crippen LogP contribution in [0.1, 0.15) is 36.2 Å². The van der Waals surface area contributed by atoms with Crippen LogP contribution in [0, 0.1) is 13.8 Å². The van der Waals surface area contributed by atoms with E-state index in [1.807, 2.05) is 56.6 Å². The largest absolute Gasteiger partial charge is 0.493 e. The lowest BCUT2D eigenvalue weighted by atomic mass is 9.93. The van der Waals surface area contributed by atoms with E-state index in [0.29, 0.717) is 36.9 Å². The summed E-state index contributed by atoms with van der Waals surface area (Å²) in [4.78, 5) is 6.52. The summed E-state index contributed by atoms with van der Waals surface area (Å²) < 4.78 is 19.7. The molecule has 0 unspecified atom stereocenters. The summed E-state index contributed by atoms with van der Waals surface area (Å²) >= 11 is 6.27. The maximum absolute atomic E-state index is 11.3. The number of methoxy groups -OCH3 is 1. The number of likely N-dealkylation sites (tertiary alicyclic amines) is 1. The van der Waals surface area contributed by atoms with Gasteiger partial charge in [0.05, 0.1) is 18.7 Å². The van der Waals surface area contributed by atoms with Gasteiger partial charge in [0.15, 0.2) is 11.5 Å². The number of rotatable bonds is 11. The number of halogens is 1. The minimum absolute atomic E-state index is 0.208. The molecule has 0 spiro atoms. The van der Waals surface area contributed by atoms with Gasteiger partial charge in [-0.3, -0.25) is 4.90 Å². The summed E-state index contributed by atoms with van der Waals surface area (Å²) in [6.07, 6.45) is 6.26. The van der Waals surface area contributed by atoms with Gasteiger partial charge in [0.2, 0.25) is 0 Å². The monoisotopic (exact) mass is 513 g/mol. The van der Waals surface area contributed by atoms with E-state index in [1.165, 1.54) is 0 Å². The Hall–Kier alpha value is -2.74. The minimum Gasteiger partial charge on any atom is -0.493 e. The van der Waals surface area contributed by atoms with Gasteiger partial charge >= 0.3 is 0 Å². The molecule has 3 aromatic rings. The van der Waals surface area contributed by atoms with Gasteiger partial charge in [0.1, 0.15) is 23.8 Å². The molecule has 8 heteroatoms. The van der Waals surface area contributed by atoms with Gasteiger partial charge in [0, 0.05) is 32.0 Å². The van der Waals surface area contributed by atoms with Crippen molar-refractivity contribution in [3.8, 4) is 17.2 Å². The Balaban J connectivity index is 1.33. The van der Waals surface area contributed by atoms with Crippen molar-refractivity contribution in [1.29, 1.82) is 0 Å². The molecular formula is C28H36ClN3O4. The number of imidazole rings is 1. The van der Waals surface area contributed by atoms with Crippen LogP contribution < -0.4 is 14.2 Å². The van der Waals surface area contributed by atoms with Crippen molar-refractivity contribution in [3.63, 3.8) is 0 Å². The second-order valence-corrected chi connectivity index (χ2v) is 10.0. The minimum atomic E-state index is -0.928. The van der Waals surface area contributed by atoms with Gasteiger partial charge in [0.25, 0.3) is 0 Å². The lowest BCUT2D eigenvalue weighted by Gasteiger charge is -2.39. The van der Waals surface area contributed by atoms with Crippen LogP contribution in [0.15, 0.2) is 48.8 Å². The number of ether oxygens (including phenoxy) is 3. The van der Waals surface area contributed by atoms with Crippen molar-refractivity contribution < 1.29 is 19.3 Å². The van der Waals surface area contributed by atoms with Crippen LogP contribution in [0.25, 0.3) is 0 Å². The van der Waals surface area contributed by atoms with Crippen LogP contribution >= 0.6 is 11.6 Å². The lowest BCUT2D eigenvalue weighted by Crippen LogP contribution is -2.51. The highest BCUT2D eigenvalue weighted by Crippen LogP contribution is 2.31. The first-order chi connectivity index (χ1) is 17.3. The highest BCUT2D eigenvalue weighted by atomic mass is 35.5. The second kappa shape index (κ2) is 12.0. The van der Waals surface area contributed by atoms with Gasteiger partial charge in [-0.15, -0.1) is 0 Å². The average Bonchev–Trinajstić information content (AvgIpc) is 3.27. The molecule has 0 aliphatic carbocycles. The summed E-state index contributed by atoms with van der Waals surface area (Å²) in [5, 5.41) is 11.8. The molecule has 1 saturated heterocycles. The first kappa shape index (κ1) is 26.3. The molecule has 2 heterocycles. The molecule has 0 amide bonds. The molecule has 0 saturated carbocycles. The van der Waals surface area contributed by atoms with Crippen LogP contribution in [0.5, 0.6) is 17.2 Å². The summed E-state index contributed by atoms with van der Waals surface area (Å²) in [5.74, 6) is 3.07. The molecule has 2 aromatic carbocycles. The average molecular weight is 514 g/mol. The van der Waals surface area contributed by atoms with E-state index in [0.717, 1.165) is 54.4 Å². The third kappa shape index (κ3) is 6.93. The number of nitrogens with zero attached hydrogens (tertiary/aromatic N) is 3. The summed E-state index contributed by atoms with van der Waals surface area (Å²) in [6, 6.07) is 11.7. The van der Waals surface area contributed by atoms with Crippen molar-refractivity contribution in [3.05, 3.63) is 70.8 Å². The molecule has 36 heavy (non-hydrogen) atoms. The molecule has 4 rings (SSSR count). The van der Waals surface area contributed by atoms with Crippen molar-refractivity contribution >= 4 is 11.6 Å². The van der Waals surface area contributed by atoms with E-state index in [2.05, 4.69) is 20.5 Å². The maximum Gasteiger partial charge on any atom is 0.161 e. The lowest BCUT2D eigenvalue weighted by molar-refractivity contribution is -0.0621. The quantitative estimate of drug-likeness (QED) is 0.362. The van der Waals surface area contributed by atoms with Gasteiger partial charge < -0.3 is 23.9 Å². The summed E-state index contributed by atoms with van der Waals surface area (Å²) in [6.45, 7) is 7.80. The van der Waals surface area contributed by atoms with E-state index < -0.39 is 5.60 Å². The van der Waals surface area contributed by atoms with Crippen molar-refractivity contribution in [2.45, 2.75) is 51.8 Å². The molecule has 194 valence electrons. The van der Waals surface area contributed by atoms with Crippen LogP contribution in [0.3, 0.4) is 0 Å². The van der Waals surface area contributed by atoms with Crippen molar-refractivity contribution in [1.82, 2.24) is 14.5 Å². The zero-order chi connectivity index (χ0) is 25.5. The number of hydrogen-bond donors (Lipinski definition) is 1. The zero-order valence-corrected chi connectivity index (χ0v) is 22.1. The topological polar surface area (TPSA) is 69.0 Å². The molecule has 1 aromatic heterocycles. The molecule has 1 fully saturated rings. The second-order valence-electron chi connectivity index (χ2n) is 9.62. The number of hydrogen-bond acceptors (Lipinski definition) is 6. The maximum atomic E-state index is 11.3. The molecular weight excluding hydrogens is 478 g/mol. The number of aromatic nitrogens is 2. The van der Waals surface area contributed by atoms with Crippen LogP contribution in [-0.2, 0) is 13.1 Å². The Kier molecular flexibility index (Phi) is 8.77. The molecule has 1 atom stereocenters. The number of benzene rings is 2. The number of aryl methyl sites for hydroxylation is 3. The number of β-amino-alcohol motifs (C(OH)–C–C–N with tert-alkyl or cyclic N) is 1. The summed E-state index contributed by atoms with van der Waals surface area (Å²) in [5.41, 5.74) is 1.26. The molecule has 0 radical (unpaired) electrons. The highest BCUT2D eigenvalue weighted by Gasteiger charge is 2.34. The Labute approximate surface area is 218 Å². The Morgan fingerprint density at radius 3 is 2.72 bits per heavy atom. The smallest absolute Gasteiger partial charge is 0.161 e. The first-order valence-electron chi connectivity index (χ1n) is 12.5. The van der Waals surface area contributed by atoms with Crippen molar-refractivity contribution in [2.24, 2.45) is 0 Å². The van der Waals surface area contributed by atoms with E-state index in [9.17, 15) is 5.11 Å². The van der Waals surface area contributed by atoms with E-state index in [-0.39, 0.29) is 6.61 Å². The Bertz CT molecular complexity index is 1150. The predicted octanol–water partition coefficient (Wildman–Crippen LogP) is 5.04. The molecule has 0 bridgehead atoms. The van der Waals surface area contributed by atoms with Crippen LogP contribution in [-0.4, -0.2) is 58.6 Å². The Morgan fingerprint density at radius 1 is 1.08 bits per heavy atom. The number of aliphatic hydroxyl groups is 1. The standard InChI is InChI=1S/C28H36ClN3O4/c1-21-6-8-24(29)26(16-21)36-20-28(33)10-4-12-31(19-28)18-23-7-9-25(34-3)27(17-23)35-15-5-13-32-14-11-30-22(32)2/h6-9,11,14,16-17,33H,4-5,10,12-13,15,18-20H2,1-3H3/t28-/m1/s1. The molecule has 1 aliphatic heterocycles. The van der Waals surface area contributed by atoms with E-state index in [4.69, 9.17) is 25.8 Å². The van der Waals surface area contributed by atoms with Crippen molar-refractivity contribution in [2.75, 3.05) is 33.4 Å². The highest BCUT2D eigenvalue weighted by molar-refractivity contribution is 6.32. The predicted molar refractivity (Wildman–Crippen MR) is 141 cm³/mol. The third-order valence-corrected chi connectivity index (χ3v) is 6.89. The third-order valence-electron chi connectivity index (χ3n) is 6.58. The molecule has 7 nitrogen and oxygen atoms in total. The van der Waals surface area contributed by atoms with Gasteiger partial charge in [-0.05, 0) is 75.0 Å². The van der Waals surface area contributed by atoms with Gasteiger partial charge in [-0.2, -0.15) is 0 Å². The van der Waals surface area contributed by atoms with Gasteiger partial charge in [-0.25, -0.2) is 4.98 Å². The Morgan fingerprint density at radius 2 is 1.94 bits per heavy atom. The fourth-order valence-electron chi connectivity index (χ4n) is 4.64. The normalized spacial score (nSPS) is 18.2. The van der Waals surface area contributed by atoms with E-state index in [1.54, 1.807) is 7.11 Å². The van der Waals surface area contributed by atoms with Crippen LogP contribution in [0.2, 0.25) is 5.02 Å². The van der Waals surface area contributed by atoms with Crippen LogP contribution in [0.4, 0.5) is 0 Å². The SMILES string of the molecule is COc1ccc(CN2CCC[C@](O)(COc3cc(C)ccc3Cl)C2)cc1OCCCn1ccnc1C. The first-order valence-corrected chi connectivity index (χ1v) is 12.8. The zero-order valence-electron chi connectivity index (χ0n) is 21.4. The van der Waals surface area contributed by atoms with Gasteiger partial charge in [-0.1, -0.05) is 23.7 Å². The molecule has 1 aliphatic rings.